The van der Waals surface area contributed by atoms with Crippen molar-refractivity contribution in [1.82, 2.24) is 15.2 Å². The van der Waals surface area contributed by atoms with Gasteiger partial charge in [0.2, 0.25) is 11.8 Å². The molecule has 0 aliphatic carbocycles. The van der Waals surface area contributed by atoms with Crippen LogP contribution in [-0.2, 0) is 9.59 Å². The van der Waals surface area contributed by atoms with Gasteiger partial charge in [-0.1, -0.05) is 19.8 Å². The highest BCUT2D eigenvalue weighted by atomic mass is 16.3. The van der Waals surface area contributed by atoms with Gasteiger partial charge in [-0.2, -0.15) is 0 Å². The van der Waals surface area contributed by atoms with Crippen LogP contribution in [0.3, 0.4) is 0 Å². The molecule has 2 amide bonds. The molecule has 2 N–H and O–H groups in total. The van der Waals surface area contributed by atoms with E-state index in [4.69, 9.17) is 0 Å². The average Bonchev–Trinajstić information content (AvgIpc) is 3.14. The Balaban J connectivity index is 2.08. The van der Waals surface area contributed by atoms with Crippen LogP contribution in [0.5, 0.6) is 0 Å². The van der Waals surface area contributed by atoms with Crippen molar-refractivity contribution in [2.45, 2.75) is 57.6 Å². The number of aliphatic hydroxyl groups excluding tert-OH is 1. The van der Waals surface area contributed by atoms with Gasteiger partial charge in [-0.15, -0.1) is 0 Å². The Morgan fingerprint density at radius 1 is 1.25 bits per heavy atom. The van der Waals surface area contributed by atoms with Gasteiger partial charge in [0.25, 0.3) is 0 Å². The minimum Gasteiger partial charge on any atom is -0.386 e. The van der Waals surface area contributed by atoms with Crippen LogP contribution in [0.25, 0.3) is 0 Å². The van der Waals surface area contributed by atoms with E-state index in [9.17, 15) is 14.7 Å². The SMILES string of the molecule is CCCCCC(=O)NC(C(=O)N1CCCC1)C(O)c1ccncc1. The molecule has 2 rings (SSSR count). The number of likely N-dealkylation sites (tertiary alicyclic amines) is 1. The standard InChI is InChI=1S/C18H27N3O3/c1-2-3-4-7-15(22)20-16(18(24)21-12-5-6-13-21)17(23)14-8-10-19-11-9-14/h8-11,16-17,23H,2-7,12-13H2,1H3,(H,20,22). The molecule has 2 atom stereocenters. The van der Waals surface area contributed by atoms with Gasteiger partial charge in [-0.05, 0) is 37.0 Å². The fourth-order valence-electron chi connectivity index (χ4n) is 2.94. The smallest absolute Gasteiger partial charge is 0.248 e. The van der Waals surface area contributed by atoms with Crippen LogP contribution in [0.15, 0.2) is 24.5 Å². The van der Waals surface area contributed by atoms with Crippen molar-refractivity contribution < 1.29 is 14.7 Å². The fraction of sp³-hybridized carbons (Fsp3) is 0.611. The van der Waals surface area contributed by atoms with Crippen LogP contribution in [0.4, 0.5) is 0 Å². The number of nitrogens with one attached hydrogen (secondary N) is 1. The second-order valence-corrected chi connectivity index (χ2v) is 6.26. The number of nitrogens with zero attached hydrogens (tertiary/aromatic N) is 2. The molecule has 24 heavy (non-hydrogen) atoms. The van der Waals surface area contributed by atoms with E-state index in [-0.39, 0.29) is 11.8 Å². The van der Waals surface area contributed by atoms with E-state index in [2.05, 4.69) is 17.2 Å². The Morgan fingerprint density at radius 2 is 1.92 bits per heavy atom. The van der Waals surface area contributed by atoms with Crippen LogP contribution < -0.4 is 5.32 Å². The summed E-state index contributed by atoms with van der Waals surface area (Å²) in [6.45, 7) is 3.44. The summed E-state index contributed by atoms with van der Waals surface area (Å²) in [5.41, 5.74) is 0.580. The lowest BCUT2D eigenvalue weighted by molar-refractivity contribution is -0.139. The van der Waals surface area contributed by atoms with Crippen LogP contribution in [0, 0.1) is 0 Å². The zero-order chi connectivity index (χ0) is 17.4. The van der Waals surface area contributed by atoms with Gasteiger partial charge in [-0.3, -0.25) is 14.6 Å². The lowest BCUT2D eigenvalue weighted by Gasteiger charge is -2.28. The van der Waals surface area contributed by atoms with E-state index >= 15 is 0 Å². The maximum absolute atomic E-state index is 12.8. The molecule has 6 nitrogen and oxygen atoms in total. The molecule has 1 aromatic heterocycles. The molecule has 2 heterocycles. The normalized spacial score (nSPS) is 16.7. The maximum atomic E-state index is 12.8. The molecule has 1 saturated heterocycles. The Labute approximate surface area is 143 Å². The summed E-state index contributed by atoms with van der Waals surface area (Å²) in [7, 11) is 0. The van der Waals surface area contributed by atoms with Crippen molar-refractivity contribution in [2.75, 3.05) is 13.1 Å². The zero-order valence-corrected chi connectivity index (χ0v) is 14.3. The van der Waals surface area contributed by atoms with E-state index < -0.39 is 12.1 Å². The van der Waals surface area contributed by atoms with E-state index in [0.29, 0.717) is 25.1 Å². The van der Waals surface area contributed by atoms with Crippen molar-refractivity contribution in [2.24, 2.45) is 0 Å². The first kappa shape index (κ1) is 18.4. The molecule has 1 aromatic rings. The summed E-state index contributed by atoms with van der Waals surface area (Å²) in [5.74, 6) is -0.394. The van der Waals surface area contributed by atoms with Crippen molar-refractivity contribution in [3.8, 4) is 0 Å². The van der Waals surface area contributed by atoms with Gasteiger partial charge in [0, 0.05) is 31.9 Å². The third-order valence-corrected chi connectivity index (χ3v) is 4.37. The van der Waals surface area contributed by atoms with Crippen molar-refractivity contribution in [3.63, 3.8) is 0 Å². The third kappa shape index (κ3) is 5.03. The summed E-state index contributed by atoms with van der Waals surface area (Å²) in [5, 5.41) is 13.4. The predicted molar refractivity (Wildman–Crippen MR) is 91.1 cm³/mol. The van der Waals surface area contributed by atoms with Crippen molar-refractivity contribution >= 4 is 11.8 Å². The molecule has 1 aliphatic rings. The number of aromatic nitrogens is 1. The lowest BCUT2D eigenvalue weighted by Crippen LogP contribution is -2.51. The second-order valence-electron chi connectivity index (χ2n) is 6.26. The Kier molecular flexibility index (Phi) is 7.18. The molecular weight excluding hydrogens is 306 g/mol. The summed E-state index contributed by atoms with van der Waals surface area (Å²) >= 11 is 0. The quantitative estimate of drug-likeness (QED) is 0.711. The number of rotatable bonds is 8. The maximum Gasteiger partial charge on any atom is 0.248 e. The van der Waals surface area contributed by atoms with Gasteiger partial charge in [0.1, 0.15) is 12.1 Å². The first-order valence-corrected chi connectivity index (χ1v) is 8.79. The number of carbonyl (C=O) groups is 2. The molecule has 0 spiro atoms. The predicted octanol–water partition coefficient (Wildman–Crippen LogP) is 1.80. The lowest BCUT2D eigenvalue weighted by atomic mass is 10.0. The number of hydrogen-bond acceptors (Lipinski definition) is 4. The van der Waals surface area contributed by atoms with Gasteiger partial charge >= 0.3 is 0 Å². The number of amides is 2. The summed E-state index contributed by atoms with van der Waals surface area (Å²) in [4.78, 5) is 30.6. The molecule has 1 fully saturated rings. The summed E-state index contributed by atoms with van der Waals surface area (Å²) in [6, 6.07) is 2.38. The number of aliphatic hydroxyl groups is 1. The Hall–Kier alpha value is -1.95. The first-order chi connectivity index (χ1) is 11.6. The largest absolute Gasteiger partial charge is 0.386 e. The van der Waals surface area contributed by atoms with Gasteiger partial charge in [0.05, 0.1) is 0 Å². The van der Waals surface area contributed by atoms with E-state index in [0.717, 1.165) is 32.1 Å². The summed E-state index contributed by atoms with van der Waals surface area (Å²) in [6.07, 6.45) is 7.17. The highest BCUT2D eigenvalue weighted by Crippen LogP contribution is 2.20. The number of hydrogen-bond donors (Lipinski definition) is 2. The van der Waals surface area contributed by atoms with E-state index in [1.807, 2.05) is 0 Å². The molecule has 0 bridgehead atoms. The molecule has 2 unspecified atom stereocenters. The van der Waals surface area contributed by atoms with Crippen molar-refractivity contribution in [3.05, 3.63) is 30.1 Å². The van der Waals surface area contributed by atoms with E-state index in [1.165, 1.54) is 0 Å². The highest BCUT2D eigenvalue weighted by molar-refractivity contribution is 5.88. The Morgan fingerprint density at radius 3 is 2.54 bits per heavy atom. The van der Waals surface area contributed by atoms with Gasteiger partial charge < -0.3 is 15.3 Å². The van der Waals surface area contributed by atoms with Crippen molar-refractivity contribution in [1.29, 1.82) is 0 Å². The summed E-state index contributed by atoms with van der Waals surface area (Å²) < 4.78 is 0. The fourth-order valence-corrected chi connectivity index (χ4v) is 2.94. The topological polar surface area (TPSA) is 82.5 Å². The minimum atomic E-state index is -1.07. The third-order valence-electron chi connectivity index (χ3n) is 4.37. The number of pyridine rings is 1. The van der Waals surface area contributed by atoms with Crippen LogP contribution in [0.2, 0.25) is 0 Å². The molecule has 0 aromatic carbocycles. The molecule has 6 heteroatoms. The minimum absolute atomic E-state index is 0.186. The number of unbranched alkanes of at least 4 members (excludes halogenated alkanes) is 2. The van der Waals surface area contributed by atoms with Gasteiger partial charge in [-0.25, -0.2) is 0 Å². The number of carbonyl (C=O) groups excluding carboxylic acids is 2. The van der Waals surface area contributed by atoms with Crippen LogP contribution in [0.1, 0.15) is 57.1 Å². The van der Waals surface area contributed by atoms with Gasteiger partial charge in [0.15, 0.2) is 0 Å². The molecule has 0 radical (unpaired) electrons. The average molecular weight is 333 g/mol. The molecule has 0 saturated carbocycles. The Bertz CT molecular complexity index is 530. The zero-order valence-electron chi connectivity index (χ0n) is 14.3. The first-order valence-electron chi connectivity index (χ1n) is 8.79. The molecule has 132 valence electrons. The molecule has 1 aliphatic heterocycles. The molecular formula is C18H27N3O3. The highest BCUT2D eigenvalue weighted by Gasteiger charge is 2.33. The van der Waals surface area contributed by atoms with E-state index in [1.54, 1.807) is 29.4 Å². The van der Waals surface area contributed by atoms with Crippen LogP contribution >= 0.6 is 0 Å². The van der Waals surface area contributed by atoms with Crippen LogP contribution in [-0.4, -0.2) is 45.9 Å². The second kappa shape index (κ2) is 9.37. The monoisotopic (exact) mass is 333 g/mol.